The molecule has 1 aromatic carbocycles. The van der Waals surface area contributed by atoms with E-state index in [4.69, 9.17) is 4.99 Å². The van der Waals surface area contributed by atoms with Gasteiger partial charge in [0, 0.05) is 16.7 Å². The summed E-state index contributed by atoms with van der Waals surface area (Å²) in [5.41, 5.74) is -0.379. The fourth-order valence-corrected chi connectivity index (χ4v) is 9.93. The molecule has 1 amide bonds. The molecule has 3 unspecified atom stereocenters. The van der Waals surface area contributed by atoms with E-state index in [1.54, 1.807) is 6.92 Å². The van der Waals surface area contributed by atoms with Crippen molar-refractivity contribution in [2.24, 2.45) is 21.7 Å². The summed E-state index contributed by atoms with van der Waals surface area (Å²) < 4.78 is 27.6. The van der Waals surface area contributed by atoms with E-state index < -0.39 is 15.6 Å². The molecule has 2 heterocycles. The molecule has 3 fully saturated rings. The van der Waals surface area contributed by atoms with Crippen molar-refractivity contribution in [3.8, 4) is 0 Å². The summed E-state index contributed by atoms with van der Waals surface area (Å²) in [7, 11) is -3.61. The molecular formula is C21H26N2O3S2. The van der Waals surface area contributed by atoms with E-state index in [1.807, 2.05) is 30.3 Å². The van der Waals surface area contributed by atoms with Crippen molar-refractivity contribution < 1.29 is 13.2 Å². The summed E-state index contributed by atoms with van der Waals surface area (Å²) >= 11 is 1.54. The number of rotatable bonds is 2. The Labute approximate surface area is 171 Å². The van der Waals surface area contributed by atoms with Crippen molar-refractivity contribution in [2.75, 3.05) is 11.5 Å². The molecule has 0 radical (unpaired) electrons. The second kappa shape index (κ2) is 5.63. The van der Waals surface area contributed by atoms with Crippen LogP contribution in [0.15, 0.2) is 35.3 Å². The lowest BCUT2D eigenvalue weighted by Gasteiger charge is -2.37. The first kappa shape index (κ1) is 18.7. The zero-order chi connectivity index (χ0) is 19.9. The first-order valence-electron chi connectivity index (χ1n) is 9.95. The molecule has 2 bridgehead atoms. The Kier molecular flexibility index (Phi) is 3.75. The fraction of sp³-hybridized carbons (Fsp3) is 0.619. The van der Waals surface area contributed by atoms with Crippen LogP contribution in [0.5, 0.6) is 0 Å². The molecule has 4 atom stereocenters. The van der Waals surface area contributed by atoms with Gasteiger partial charge in [-0.25, -0.2) is 12.7 Å². The van der Waals surface area contributed by atoms with Crippen LogP contribution in [0.1, 0.15) is 45.6 Å². The quantitative estimate of drug-likeness (QED) is 0.739. The molecule has 5 rings (SSSR count). The van der Waals surface area contributed by atoms with Crippen LogP contribution < -0.4 is 0 Å². The zero-order valence-electron chi connectivity index (χ0n) is 16.5. The highest BCUT2D eigenvalue weighted by Gasteiger charge is 2.73. The van der Waals surface area contributed by atoms with Gasteiger partial charge in [0.15, 0.2) is 0 Å². The van der Waals surface area contributed by atoms with E-state index in [9.17, 15) is 13.2 Å². The standard InChI is InChI=1S/C21H26N2O3S2/c1-19(2)15-9-10-21(19)13-28(25,26)23(16(21)11-15)18(24)20(3)12-27-17(22-20)14-7-5-4-6-8-14/h4-8,15-16H,9-13H2,1-3H3/t15?,16?,20-,21?/m0/s1. The SMILES string of the molecule is CC1(C)C2CCC13CS(=O)(=O)N(C(=O)[C@]1(C)CSC(c4ccccc4)=N1)C3C2. The van der Waals surface area contributed by atoms with E-state index >= 15 is 0 Å². The Bertz CT molecular complexity index is 988. The third-order valence-corrected chi connectivity index (χ3v) is 11.1. The Hall–Kier alpha value is -1.34. The van der Waals surface area contributed by atoms with E-state index in [-0.39, 0.29) is 28.5 Å². The molecule has 2 aliphatic heterocycles. The number of hydrogen-bond donors (Lipinski definition) is 0. The van der Waals surface area contributed by atoms with Gasteiger partial charge in [-0.05, 0) is 37.5 Å². The first-order valence-corrected chi connectivity index (χ1v) is 12.5. The number of benzene rings is 1. The molecule has 1 aromatic rings. The van der Waals surface area contributed by atoms with Crippen LogP contribution in [0.25, 0.3) is 0 Å². The van der Waals surface area contributed by atoms with E-state index in [2.05, 4.69) is 13.8 Å². The third kappa shape index (κ3) is 2.23. The monoisotopic (exact) mass is 418 g/mol. The van der Waals surface area contributed by atoms with Gasteiger partial charge in [-0.1, -0.05) is 44.2 Å². The molecule has 4 aliphatic rings. The van der Waals surface area contributed by atoms with E-state index in [1.165, 1.54) is 16.1 Å². The van der Waals surface area contributed by atoms with E-state index in [0.717, 1.165) is 29.9 Å². The second-order valence-electron chi connectivity index (χ2n) is 9.57. The van der Waals surface area contributed by atoms with Gasteiger partial charge in [-0.15, -0.1) is 11.8 Å². The maximum atomic E-state index is 13.6. The number of sulfonamides is 1. The first-order chi connectivity index (χ1) is 13.1. The van der Waals surface area contributed by atoms with Gasteiger partial charge >= 0.3 is 0 Å². The summed E-state index contributed by atoms with van der Waals surface area (Å²) in [4.78, 5) is 18.3. The number of thioether (sulfide) groups is 1. The molecule has 150 valence electrons. The molecule has 7 heteroatoms. The molecule has 0 aromatic heterocycles. The van der Waals surface area contributed by atoms with Crippen LogP contribution in [0, 0.1) is 16.7 Å². The number of amides is 1. The van der Waals surface area contributed by atoms with Crippen molar-refractivity contribution in [1.29, 1.82) is 0 Å². The van der Waals surface area contributed by atoms with Crippen LogP contribution in [0.4, 0.5) is 0 Å². The summed E-state index contributed by atoms with van der Waals surface area (Å²) in [6.07, 6.45) is 2.78. The van der Waals surface area contributed by atoms with Crippen LogP contribution in [0.3, 0.4) is 0 Å². The minimum Gasteiger partial charge on any atom is -0.271 e. The third-order valence-electron chi connectivity index (χ3n) is 7.93. The predicted octanol–water partition coefficient (Wildman–Crippen LogP) is 3.31. The van der Waals surface area contributed by atoms with Gasteiger partial charge in [0.25, 0.3) is 5.91 Å². The van der Waals surface area contributed by atoms with Crippen molar-refractivity contribution in [2.45, 2.75) is 51.6 Å². The summed E-state index contributed by atoms with van der Waals surface area (Å²) in [5.74, 6) is 0.751. The summed E-state index contributed by atoms with van der Waals surface area (Å²) in [5, 5.41) is 0.816. The topological polar surface area (TPSA) is 66.8 Å². The Morgan fingerprint density at radius 1 is 1.21 bits per heavy atom. The smallest absolute Gasteiger partial charge is 0.264 e. The average Bonchev–Trinajstić information content (AvgIpc) is 3.29. The highest BCUT2D eigenvalue weighted by molar-refractivity contribution is 8.14. The number of fused-ring (bicyclic) bond motifs is 1. The minimum atomic E-state index is -3.61. The van der Waals surface area contributed by atoms with Gasteiger partial charge in [-0.3, -0.25) is 9.79 Å². The lowest BCUT2D eigenvalue weighted by molar-refractivity contribution is -0.133. The highest BCUT2D eigenvalue weighted by atomic mass is 32.2. The molecule has 28 heavy (non-hydrogen) atoms. The van der Waals surface area contributed by atoms with Gasteiger partial charge < -0.3 is 0 Å². The maximum Gasteiger partial charge on any atom is 0.264 e. The molecular weight excluding hydrogens is 392 g/mol. The lowest BCUT2D eigenvalue weighted by atomic mass is 9.69. The predicted molar refractivity (Wildman–Crippen MR) is 112 cm³/mol. The van der Waals surface area contributed by atoms with Crippen LogP contribution in [-0.4, -0.2) is 46.8 Å². The molecule has 1 spiro atoms. The van der Waals surface area contributed by atoms with Crippen LogP contribution >= 0.6 is 11.8 Å². The van der Waals surface area contributed by atoms with Crippen molar-refractivity contribution in [3.63, 3.8) is 0 Å². The number of carbonyl (C=O) groups is 1. The number of hydrogen-bond acceptors (Lipinski definition) is 5. The number of nitrogens with zero attached hydrogens (tertiary/aromatic N) is 2. The molecule has 5 nitrogen and oxygen atoms in total. The minimum absolute atomic E-state index is 0.0381. The molecule has 2 saturated carbocycles. The van der Waals surface area contributed by atoms with Gasteiger partial charge in [0.1, 0.15) is 5.54 Å². The number of aliphatic imine (C=N–C) groups is 1. The second-order valence-corrected chi connectivity index (χ2v) is 12.4. The van der Waals surface area contributed by atoms with Crippen molar-refractivity contribution in [1.82, 2.24) is 4.31 Å². The maximum absolute atomic E-state index is 13.6. The Morgan fingerprint density at radius 3 is 2.61 bits per heavy atom. The summed E-state index contributed by atoms with van der Waals surface area (Å²) in [6, 6.07) is 9.59. The van der Waals surface area contributed by atoms with E-state index in [0.29, 0.717) is 11.7 Å². The van der Waals surface area contributed by atoms with Gasteiger partial charge in [0.05, 0.1) is 16.8 Å². The average molecular weight is 419 g/mol. The van der Waals surface area contributed by atoms with Crippen LogP contribution in [-0.2, 0) is 14.8 Å². The van der Waals surface area contributed by atoms with Crippen molar-refractivity contribution >= 4 is 32.7 Å². The van der Waals surface area contributed by atoms with Crippen LogP contribution in [0.2, 0.25) is 0 Å². The Morgan fingerprint density at radius 2 is 1.93 bits per heavy atom. The van der Waals surface area contributed by atoms with Gasteiger partial charge in [0.2, 0.25) is 10.0 Å². The Balaban J connectivity index is 1.52. The lowest BCUT2D eigenvalue weighted by Crippen LogP contribution is -2.52. The highest BCUT2D eigenvalue weighted by Crippen LogP contribution is 2.70. The van der Waals surface area contributed by atoms with Gasteiger partial charge in [-0.2, -0.15) is 0 Å². The number of carbonyl (C=O) groups excluding carboxylic acids is 1. The molecule has 0 N–H and O–H groups in total. The normalized spacial score (nSPS) is 39.8. The molecule has 2 aliphatic carbocycles. The zero-order valence-corrected chi connectivity index (χ0v) is 18.1. The summed E-state index contributed by atoms with van der Waals surface area (Å²) in [6.45, 7) is 6.19. The molecule has 1 saturated heterocycles. The largest absolute Gasteiger partial charge is 0.271 e. The fourth-order valence-electron chi connectivity index (χ4n) is 6.13. The van der Waals surface area contributed by atoms with Crippen molar-refractivity contribution in [3.05, 3.63) is 35.9 Å².